The minimum absolute atomic E-state index is 0.00274. The van der Waals surface area contributed by atoms with Gasteiger partial charge >= 0.3 is 6.03 Å². The van der Waals surface area contributed by atoms with Crippen molar-refractivity contribution < 1.29 is 18.8 Å². The highest BCUT2D eigenvalue weighted by Gasteiger charge is 2.33. The van der Waals surface area contributed by atoms with Gasteiger partial charge < -0.3 is 9.32 Å². The van der Waals surface area contributed by atoms with Crippen LogP contribution in [0.4, 0.5) is 10.5 Å². The highest BCUT2D eigenvalue weighted by molar-refractivity contribution is 7.99. The molecule has 1 unspecified atom stereocenters. The van der Waals surface area contributed by atoms with Crippen LogP contribution in [0.2, 0.25) is 0 Å². The lowest BCUT2D eigenvalue weighted by Crippen LogP contribution is -2.43. The quantitative estimate of drug-likeness (QED) is 0.651. The van der Waals surface area contributed by atoms with E-state index in [-0.39, 0.29) is 17.6 Å². The maximum Gasteiger partial charge on any atom is 0.349 e. The summed E-state index contributed by atoms with van der Waals surface area (Å²) in [6.07, 6.45) is 1.66. The lowest BCUT2D eigenvalue weighted by Gasteiger charge is -2.25. The van der Waals surface area contributed by atoms with E-state index in [2.05, 4.69) is 15.2 Å². The fraction of sp³-hybridized carbons (Fsp3) is 0.400. The van der Waals surface area contributed by atoms with Crippen molar-refractivity contribution in [3.8, 4) is 0 Å². The molecule has 156 valence electrons. The number of benzene rings is 1. The Labute approximate surface area is 177 Å². The summed E-state index contributed by atoms with van der Waals surface area (Å²) in [5.74, 6) is -0.172. The number of para-hydroxylation sites is 1. The molecule has 30 heavy (non-hydrogen) atoms. The van der Waals surface area contributed by atoms with E-state index in [0.717, 1.165) is 17.0 Å². The van der Waals surface area contributed by atoms with Crippen LogP contribution in [0.25, 0.3) is 0 Å². The molecule has 2 aliphatic rings. The van der Waals surface area contributed by atoms with Crippen LogP contribution in [0.5, 0.6) is 0 Å². The van der Waals surface area contributed by atoms with Gasteiger partial charge in [0, 0.05) is 31.4 Å². The molecule has 0 bridgehead atoms. The molecule has 1 aromatic carbocycles. The summed E-state index contributed by atoms with van der Waals surface area (Å²) in [4.78, 5) is 43.1. The number of imide groups is 1. The number of fused-ring (bicyclic) bond motifs is 1. The average Bonchev–Trinajstić information content (AvgIpc) is 3.37. The summed E-state index contributed by atoms with van der Waals surface area (Å²) < 4.78 is 5.61. The molecule has 0 N–H and O–H groups in total. The van der Waals surface area contributed by atoms with Gasteiger partial charge in [0.2, 0.25) is 17.7 Å². The van der Waals surface area contributed by atoms with Gasteiger partial charge in [0.05, 0.1) is 11.7 Å². The Morgan fingerprint density at radius 2 is 2.07 bits per heavy atom. The second kappa shape index (κ2) is 8.39. The molecule has 0 saturated carbocycles. The van der Waals surface area contributed by atoms with Crippen LogP contribution in [-0.2, 0) is 22.4 Å². The van der Waals surface area contributed by atoms with Crippen LogP contribution in [0.15, 0.2) is 38.9 Å². The number of rotatable bonds is 6. The minimum atomic E-state index is -0.546. The Morgan fingerprint density at radius 3 is 2.90 bits per heavy atom. The third kappa shape index (κ3) is 4.00. The van der Waals surface area contributed by atoms with E-state index < -0.39 is 11.9 Å². The van der Waals surface area contributed by atoms with Gasteiger partial charge in [0.15, 0.2) is 0 Å². The number of amides is 4. The van der Waals surface area contributed by atoms with Crippen LogP contribution < -0.4 is 4.90 Å². The Balaban J connectivity index is 1.31. The van der Waals surface area contributed by atoms with Crippen LogP contribution in [0.1, 0.15) is 24.8 Å². The predicted octanol–water partition coefficient (Wildman–Crippen LogP) is 2.35. The molecule has 2 aliphatic heterocycles. The minimum Gasteiger partial charge on any atom is -0.416 e. The Morgan fingerprint density at radius 1 is 1.27 bits per heavy atom. The first-order valence-corrected chi connectivity index (χ1v) is 10.6. The van der Waals surface area contributed by atoms with Gasteiger partial charge in [-0.3, -0.25) is 14.5 Å². The molecule has 0 radical (unpaired) electrons. The number of nitrogens with zero attached hydrogens (tertiary/aromatic N) is 5. The number of aryl methyl sites for hydroxylation is 1. The normalized spacial score (nSPS) is 18.6. The lowest BCUT2D eigenvalue weighted by molar-refractivity contribution is -0.129. The van der Waals surface area contributed by atoms with Gasteiger partial charge in [-0.2, -0.15) is 0 Å². The monoisotopic (exact) mass is 427 g/mol. The van der Waals surface area contributed by atoms with Gasteiger partial charge in [-0.1, -0.05) is 30.0 Å². The number of thioether (sulfide) groups is 1. The third-order valence-electron chi connectivity index (χ3n) is 5.29. The molecule has 3 heterocycles. The maximum atomic E-state index is 12.6. The number of urea groups is 1. The molecule has 0 fully saturated rings. The van der Waals surface area contributed by atoms with Gasteiger partial charge in [-0.25, -0.2) is 9.79 Å². The first-order valence-electron chi connectivity index (χ1n) is 9.64. The summed E-state index contributed by atoms with van der Waals surface area (Å²) in [5, 5.41) is 8.30. The van der Waals surface area contributed by atoms with Crippen LogP contribution in [-0.4, -0.2) is 58.0 Å². The summed E-state index contributed by atoms with van der Waals surface area (Å²) >= 11 is 1.20. The van der Waals surface area contributed by atoms with Crippen molar-refractivity contribution in [1.29, 1.82) is 0 Å². The predicted molar refractivity (Wildman–Crippen MR) is 111 cm³/mol. The van der Waals surface area contributed by atoms with Gasteiger partial charge in [-0.05, 0) is 31.4 Å². The fourth-order valence-corrected chi connectivity index (χ4v) is 4.26. The smallest absolute Gasteiger partial charge is 0.349 e. The molecule has 0 saturated heterocycles. The lowest BCUT2D eigenvalue weighted by atomic mass is 9.95. The van der Waals surface area contributed by atoms with Crippen molar-refractivity contribution in [2.24, 2.45) is 10.9 Å². The van der Waals surface area contributed by atoms with E-state index in [9.17, 15) is 14.4 Å². The van der Waals surface area contributed by atoms with Gasteiger partial charge in [-0.15, -0.1) is 10.2 Å². The molecular formula is C20H21N5O4S. The number of carbonyl (C=O) groups is 3. The van der Waals surface area contributed by atoms with Crippen molar-refractivity contribution in [3.05, 3.63) is 35.7 Å². The molecule has 0 spiro atoms. The van der Waals surface area contributed by atoms with Crippen LogP contribution in [0.3, 0.4) is 0 Å². The number of anilines is 1. The molecule has 0 aliphatic carbocycles. The fourth-order valence-electron chi connectivity index (χ4n) is 3.61. The summed E-state index contributed by atoms with van der Waals surface area (Å²) in [7, 11) is 1.42. The zero-order valence-corrected chi connectivity index (χ0v) is 17.5. The Kier molecular flexibility index (Phi) is 5.67. The van der Waals surface area contributed by atoms with E-state index in [0.29, 0.717) is 36.2 Å². The zero-order valence-electron chi connectivity index (χ0n) is 16.7. The van der Waals surface area contributed by atoms with E-state index >= 15 is 0 Å². The van der Waals surface area contributed by atoms with Crippen molar-refractivity contribution in [2.75, 3.05) is 24.2 Å². The number of hydrogen-bond acceptors (Lipinski definition) is 7. The van der Waals surface area contributed by atoms with E-state index in [1.165, 1.54) is 24.4 Å². The second-order valence-electron chi connectivity index (χ2n) is 7.20. The van der Waals surface area contributed by atoms with Crippen molar-refractivity contribution in [1.82, 2.24) is 15.1 Å². The molecule has 1 aromatic heterocycles. The zero-order chi connectivity index (χ0) is 21.3. The second-order valence-corrected chi connectivity index (χ2v) is 8.13. The number of aromatic nitrogens is 2. The standard InChI is InChI=1S/C20H21N5O4S/c1-12-14(18(27)24(2)19(28)21-12)7-8-16-22-23-20(29-16)30-11-17(26)25-10-9-13-5-3-4-6-15(13)25/h3-6,14H,7-11H2,1-2H3. The number of aliphatic imine (C=N–C) groups is 1. The van der Waals surface area contributed by atoms with Crippen LogP contribution in [0, 0.1) is 5.92 Å². The highest BCUT2D eigenvalue weighted by atomic mass is 32.2. The van der Waals surface area contributed by atoms with E-state index in [4.69, 9.17) is 4.42 Å². The summed E-state index contributed by atoms with van der Waals surface area (Å²) in [5.41, 5.74) is 2.64. The first-order chi connectivity index (χ1) is 14.4. The Hall–Kier alpha value is -3.01. The summed E-state index contributed by atoms with van der Waals surface area (Å²) in [6, 6.07) is 7.36. The van der Waals surface area contributed by atoms with Crippen molar-refractivity contribution in [3.63, 3.8) is 0 Å². The van der Waals surface area contributed by atoms with Crippen LogP contribution >= 0.6 is 11.8 Å². The van der Waals surface area contributed by atoms with Crippen molar-refractivity contribution >= 4 is 41.0 Å². The number of carbonyl (C=O) groups excluding carboxylic acids is 3. The largest absolute Gasteiger partial charge is 0.416 e. The molecule has 2 aromatic rings. The molecule has 10 heteroatoms. The first kappa shape index (κ1) is 20.3. The molecule has 4 amide bonds. The maximum absolute atomic E-state index is 12.6. The molecule has 4 rings (SSSR count). The SMILES string of the molecule is CC1=NC(=O)N(C)C(=O)C1CCc1nnc(SCC(=O)N2CCc3ccccc32)o1. The molecule has 9 nitrogen and oxygen atoms in total. The highest BCUT2D eigenvalue weighted by Crippen LogP contribution is 2.29. The average molecular weight is 427 g/mol. The molecule has 1 atom stereocenters. The van der Waals surface area contributed by atoms with Gasteiger partial charge in [0.1, 0.15) is 0 Å². The van der Waals surface area contributed by atoms with Crippen molar-refractivity contribution in [2.45, 2.75) is 31.4 Å². The Bertz CT molecular complexity index is 1030. The number of hydrogen-bond donors (Lipinski definition) is 0. The molecular weight excluding hydrogens is 406 g/mol. The van der Waals surface area contributed by atoms with E-state index in [1.807, 2.05) is 24.3 Å². The topological polar surface area (TPSA) is 109 Å². The van der Waals surface area contributed by atoms with Gasteiger partial charge in [0.25, 0.3) is 5.22 Å². The van der Waals surface area contributed by atoms with E-state index in [1.54, 1.807) is 11.8 Å². The third-order valence-corrected chi connectivity index (χ3v) is 6.10. The summed E-state index contributed by atoms with van der Waals surface area (Å²) in [6.45, 7) is 2.35.